The quantitative estimate of drug-likeness (QED) is 0.436. The first kappa shape index (κ1) is 23.3. The SMILES string of the molecule is CC(C)NC(=O)OC1CCC(c2cc(NC(=O)COCc3cccc(O)c3C=O)n[nH]2)C1. The number of ether oxygens (including phenoxy) is 2. The van der Waals surface area contributed by atoms with Gasteiger partial charge in [0, 0.05) is 23.7 Å². The molecule has 3 rings (SSSR count). The average Bonchev–Trinajstić information content (AvgIpc) is 3.37. The van der Waals surface area contributed by atoms with Gasteiger partial charge in [-0.1, -0.05) is 12.1 Å². The number of phenols is 1. The molecule has 1 aliphatic carbocycles. The molecule has 1 aromatic heterocycles. The molecule has 2 aromatic rings. The highest BCUT2D eigenvalue weighted by molar-refractivity contribution is 5.90. The Balaban J connectivity index is 1.44. The molecule has 10 nitrogen and oxygen atoms in total. The van der Waals surface area contributed by atoms with E-state index in [2.05, 4.69) is 20.8 Å². The minimum absolute atomic E-state index is 0.00948. The summed E-state index contributed by atoms with van der Waals surface area (Å²) in [6, 6.07) is 6.44. The lowest BCUT2D eigenvalue weighted by molar-refractivity contribution is -0.121. The number of aromatic nitrogens is 2. The number of benzene rings is 1. The van der Waals surface area contributed by atoms with Crippen molar-refractivity contribution in [1.82, 2.24) is 15.5 Å². The van der Waals surface area contributed by atoms with Gasteiger partial charge in [0.15, 0.2) is 12.1 Å². The summed E-state index contributed by atoms with van der Waals surface area (Å²) < 4.78 is 10.8. The van der Waals surface area contributed by atoms with Gasteiger partial charge in [0.1, 0.15) is 18.5 Å². The van der Waals surface area contributed by atoms with Gasteiger partial charge in [-0.05, 0) is 44.7 Å². The third-order valence-electron chi connectivity index (χ3n) is 5.15. The lowest BCUT2D eigenvalue weighted by Gasteiger charge is -2.14. The van der Waals surface area contributed by atoms with Gasteiger partial charge < -0.3 is 25.2 Å². The molecule has 0 saturated heterocycles. The molecule has 1 aromatic carbocycles. The molecular formula is C22H28N4O6. The standard InChI is InChI=1S/C22H28N4O6/c1-13(2)23-22(30)32-16-7-6-14(8-16)18-9-20(26-25-18)24-21(29)12-31-11-15-4-3-5-19(28)17(15)10-27/h3-5,9-10,13-14,16,28H,6-8,11-12H2,1-2H3,(H,23,30)(H2,24,25,26,29). The second-order valence-corrected chi connectivity index (χ2v) is 8.05. The molecule has 2 amide bonds. The molecule has 0 spiro atoms. The Morgan fingerprint density at radius 1 is 1.34 bits per heavy atom. The Bertz CT molecular complexity index is 958. The number of phenolic OH excluding ortho intramolecular Hbond substituents is 1. The zero-order valence-corrected chi connectivity index (χ0v) is 18.1. The molecule has 1 saturated carbocycles. The number of rotatable bonds is 9. The minimum atomic E-state index is -0.408. The number of aromatic hydroxyl groups is 1. The van der Waals surface area contributed by atoms with Crippen LogP contribution in [0, 0.1) is 0 Å². The Kier molecular flexibility index (Phi) is 7.82. The molecule has 1 fully saturated rings. The largest absolute Gasteiger partial charge is 0.507 e. The summed E-state index contributed by atoms with van der Waals surface area (Å²) in [5, 5.41) is 22.1. The van der Waals surface area contributed by atoms with Crippen LogP contribution in [0.4, 0.5) is 10.6 Å². The van der Waals surface area contributed by atoms with Crippen LogP contribution in [0.15, 0.2) is 24.3 Å². The Morgan fingerprint density at radius 3 is 2.91 bits per heavy atom. The maximum atomic E-state index is 12.1. The molecule has 2 unspecified atom stereocenters. The summed E-state index contributed by atoms with van der Waals surface area (Å²) in [7, 11) is 0. The molecule has 0 radical (unpaired) electrons. The second-order valence-electron chi connectivity index (χ2n) is 8.05. The number of aldehydes is 1. The van der Waals surface area contributed by atoms with Crippen molar-refractivity contribution < 1.29 is 29.0 Å². The van der Waals surface area contributed by atoms with Crippen LogP contribution in [-0.4, -0.2) is 52.3 Å². The lowest BCUT2D eigenvalue weighted by atomic mass is 10.0. The van der Waals surface area contributed by atoms with E-state index in [1.807, 2.05) is 13.8 Å². The summed E-state index contributed by atoms with van der Waals surface area (Å²) in [6.45, 7) is 3.52. The molecule has 4 N–H and O–H groups in total. The zero-order valence-electron chi connectivity index (χ0n) is 18.1. The molecule has 32 heavy (non-hydrogen) atoms. The zero-order chi connectivity index (χ0) is 23.1. The van der Waals surface area contributed by atoms with Crippen LogP contribution >= 0.6 is 0 Å². The molecule has 2 atom stereocenters. The topological polar surface area (TPSA) is 143 Å². The van der Waals surface area contributed by atoms with Crippen molar-refractivity contribution in [1.29, 1.82) is 0 Å². The summed E-state index contributed by atoms with van der Waals surface area (Å²) >= 11 is 0. The number of amides is 2. The van der Waals surface area contributed by atoms with Crippen LogP contribution in [0.1, 0.15) is 60.6 Å². The molecule has 1 heterocycles. The Morgan fingerprint density at radius 2 is 2.16 bits per heavy atom. The van der Waals surface area contributed by atoms with Crippen LogP contribution in [0.2, 0.25) is 0 Å². The fourth-order valence-electron chi connectivity index (χ4n) is 3.65. The third-order valence-corrected chi connectivity index (χ3v) is 5.15. The molecule has 1 aliphatic rings. The highest BCUT2D eigenvalue weighted by Crippen LogP contribution is 2.35. The van der Waals surface area contributed by atoms with Crippen LogP contribution in [0.5, 0.6) is 5.75 Å². The summed E-state index contributed by atoms with van der Waals surface area (Å²) in [5.74, 6) is 0.0128. The van der Waals surface area contributed by atoms with Crippen LogP contribution in [-0.2, 0) is 20.9 Å². The molecule has 172 valence electrons. The third kappa shape index (κ3) is 6.30. The normalized spacial score (nSPS) is 17.8. The van der Waals surface area contributed by atoms with Crippen LogP contribution < -0.4 is 10.6 Å². The molecule has 0 aliphatic heterocycles. The van der Waals surface area contributed by atoms with E-state index in [1.54, 1.807) is 18.2 Å². The highest BCUT2D eigenvalue weighted by atomic mass is 16.6. The van der Waals surface area contributed by atoms with Crippen LogP contribution in [0.3, 0.4) is 0 Å². The van der Waals surface area contributed by atoms with Gasteiger partial charge in [-0.3, -0.25) is 14.7 Å². The first-order valence-electron chi connectivity index (χ1n) is 10.5. The fourth-order valence-corrected chi connectivity index (χ4v) is 3.65. The number of aromatic amines is 1. The fraction of sp³-hybridized carbons (Fsp3) is 0.455. The number of hydrogen-bond donors (Lipinski definition) is 4. The van der Waals surface area contributed by atoms with Gasteiger partial charge in [-0.15, -0.1) is 0 Å². The number of carbonyl (C=O) groups is 3. The number of alkyl carbamates (subject to hydrolysis) is 1. The highest BCUT2D eigenvalue weighted by Gasteiger charge is 2.30. The number of carbonyl (C=O) groups excluding carboxylic acids is 3. The molecule has 0 bridgehead atoms. The molecular weight excluding hydrogens is 416 g/mol. The van der Waals surface area contributed by atoms with E-state index in [0.29, 0.717) is 24.1 Å². The first-order valence-corrected chi connectivity index (χ1v) is 10.5. The van der Waals surface area contributed by atoms with Crippen molar-refractivity contribution >= 4 is 24.1 Å². The van der Waals surface area contributed by atoms with E-state index in [4.69, 9.17) is 9.47 Å². The lowest BCUT2D eigenvalue weighted by Crippen LogP contribution is -2.33. The maximum Gasteiger partial charge on any atom is 0.407 e. The predicted octanol–water partition coefficient (Wildman–Crippen LogP) is 2.85. The second kappa shape index (κ2) is 10.8. The van der Waals surface area contributed by atoms with Crippen molar-refractivity contribution in [3.8, 4) is 5.75 Å². The smallest absolute Gasteiger partial charge is 0.407 e. The van der Waals surface area contributed by atoms with Crippen molar-refractivity contribution in [2.75, 3.05) is 11.9 Å². The first-order chi connectivity index (χ1) is 15.4. The number of nitrogens with one attached hydrogen (secondary N) is 3. The van der Waals surface area contributed by atoms with Gasteiger partial charge in [-0.2, -0.15) is 5.10 Å². The van der Waals surface area contributed by atoms with E-state index < -0.39 is 12.0 Å². The average molecular weight is 444 g/mol. The Hall–Kier alpha value is -3.40. The number of hydrogen-bond acceptors (Lipinski definition) is 7. The minimum Gasteiger partial charge on any atom is -0.507 e. The van der Waals surface area contributed by atoms with E-state index in [0.717, 1.165) is 18.5 Å². The van der Waals surface area contributed by atoms with Gasteiger partial charge in [0.2, 0.25) is 0 Å². The van der Waals surface area contributed by atoms with Crippen molar-refractivity contribution in [3.05, 3.63) is 41.1 Å². The summed E-state index contributed by atoms with van der Waals surface area (Å²) in [4.78, 5) is 35.0. The van der Waals surface area contributed by atoms with Crippen molar-refractivity contribution in [3.63, 3.8) is 0 Å². The van der Waals surface area contributed by atoms with Crippen molar-refractivity contribution in [2.24, 2.45) is 0 Å². The predicted molar refractivity (Wildman–Crippen MR) is 116 cm³/mol. The van der Waals surface area contributed by atoms with E-state index in [9.17, 15) is 19.5 Å². The number of H-pyrrole nitrogens is 1. The Labute approximate surface area is 185 Å². The van der Waals surface area contributed by atoms with E-state index in [-0.39, 0.29) is 42.6 Å². The number of anilines is 1. The van der Waals surface area contributed by atoms with Gasteiger partial charge >= 0.3 is 6.09 Å². The summed E-state index contributed by atoms with van der Waals surface area (Å²) in [6.07, 6.45) is 2.29. The maximum absolute atomic E-state index is 12.1. The van der Waals surface area contributed by atoms with E-state index in [1.165, 1.54) is 6.07 Å². The van der Waals surface area contributed by atoms with Crippen molar-refractivity contribution in [2.45, 2.75) is 57.8 Å². The monoisotopic (exact) mass is 444 g/mol. The molecule has 10 heteroatoms. The number of nitrogens with zero attached hydrogens (tertiary/aromatic N) is 1. The summed E-state index contributed by atoms with van der Waals surface area (Å²) in [5.41, 5.74) is 1.51. The van der Waals surface area contributed by atoms with Gasteiger partial charge in [-0.25, -0.2) is 4.79 Å². The van der Waals surface area contributed by atoms with E-state index >= 15 is 0 Å². The van der Waals surface area contributed by atoms with Crippen LogP contribution in [0.25, 0.3) is 0 Å². The van der Waals surface area contributed by atoms with Gasteiger partial charge in [0.25, 0.3) is 5.91 Å². The van der Waals surface area contributed by atoms with Gasteiger partial charge in [0.05, 0.1) is 12.2 Å².